The third-order valence-corrected chi connectivity index (χ3v) is 2.58. The van der Waals surface area contributed by atoms with E-state index in [0.29, 0.717) is 0 Å². The maximum absolute atomic E-state index is 5.57. The Balaban J connectivity index is 2.69. The van der Waals surface area contributed by atoms with Crippen LogP contribution in [0.1, 0.15) is 5.56 Å². The molecule has 2 rings (SSSR count). The van der Waals surface area contributed by atoms with E-state index >= 15 is 0 Å². The van der Waals surface area contributed by atoms with Gasteiger partial charge in [-0.25, -0.2) is 0 Å². The Morgan fingerprint density at radius 3 is 2.64 bits per heavy atom. The quantitative estimate of drug-likeness (QED) is 0.688. The Hall–Kier alpha value is -1.15. The second-order valence-corrected chi connectivity index (χ2v) is 3.68. The molecule has 0 saturated carbocycles. The van der Waals surface area contributed by atoms with Crippen molar-refractivity contribution in [1.82, 2.24) is 0 Å². The second-order valence-electron chi connectivity index (χ2n) is 3.18. The zero-order valence-electron chi connectivity index (χ0n) is 8.28. The van der Waals surface area contributed by atoms with Crippen molar-refractivity contribution in [2.24, 2.45) is 0 Å². The molecule has 0 aromatic heterocycles. The third kappa shape index (κ3) is 1.58. The lowest BCUT2D eigenvalue weighted by atomic mass is 10.1. The molecule has 0 amide bonds. The minimum atomic E-state index is 0.982. The summed E-state index contributed by atoms with van der Waals surface area (Å²) in [5.41, 5.74) is 1.18. The molecule has 0 bridgehead atoms. The van der Waals surface area contributed by atoms with Gasteiger partial charge in [-0.1, -0.05) is 36.4 Å². The van der Waals surface area contributed by atoms with Crippen LogP contribution in [-0.4, -0.2) is 6.26 Å². The molecule has 0 aliphatic heterocycles. The van der Waals surface area contributed by atoms with Gasteiger partial charge in [0.15, 0.2) is 0 Å². The SMILES string of the molecule is CSOc1c(C)ccc2ccccc12. The highest BCUT2D eigenvalue weighted by Crippen LogP contribution is 2.30. The van der Waals surface area contributed by atoms with Crippen LogP contribution < -0.4 is 4.18 Å². The number of rotatable bonds is 2. The van der Waals surface area contributed by atoms with Gasteiger partial charge in [-0.2, -0.15) is 0 Å². The highest BCUT2D eigenvalue weighted by Gasteiger charge is 2.04. The van der Waals surface area contributed by atoms with E-state index in [0.717, 1.165) is 5.75 Å². The summed E-state index contributed by atoms with van der Waals surface area (Å²) in [4.78, 5) is 0. The Kier molecular flexibility index (Phi) is 2.64. The van der Waals surface area contributed by atoms with Crippen LogP contribution in [0.25, 0.3) is 10.8 Å². The molecule has 0 N–H and O–H groups in total. The smallest absolute Gasteiger partial charge is 0.148 e. The average molecular weight is 204 g/mol. The van der Waals surface area contributed by atoms with Crippen molar-refractivity contribution in [3.63, 3.8) is 0 Å². The van der Waals surface area contributed by atoms with Crippen molar-refractivity contribution in [2.75, 3.05) is 6.26 Å². The molecule has 0 fully saturated rings. The summed E-state index contributed by atoms with van der Waals surface area (Å²) >= 11 is 1.38. The number of hydrogen-bond donors (Lipinski definition) is 0. The average Bonchev–Trinajstić information content (AvgIpc) is 2.23. The Labute approximate surface area is 88.3 Å². The van der Waals surface area contributed by atoms with E-state index in [1.807, 2.05) is 18.4 Å². The fraction of sp³-hybridized carbons (Fsp3) is 0.167. The normalized spacial score (nSPS) is 10.4. The van der Waals surface area contributed by atoms with Crippen molar-refractivity contribution in [3.8, 4) is 5.75 Å². The van der Waals surface area contributed by atoms with Gasteiger partial charge in [0.2, 0.25) is 0 Å². The first-order valence-corrected chi connectivity index (χ1v) is 5.67. The summed E-state index contributed by atoms with van der Waals surface area (Å²) < 4.78 is 5.57. The first kappa shape index (κ1) is 9.41. The molecule has 0 saturated heterocycles. The fourth-order valence-corrected chi connectivity index (χ4v) is 1.93. The first-order chi connectivity index (χ1) is 6.83. The summed E-state index contributed by atoms with van der Waals surface area (Å²) in [6, 6.07) is 12.5. The molecule has 14 heavy (non-hydrogen) atoms. The summed E-state index contributed by atoms with van der Waals surface area (Å²) in [7, 11) is 0. The number of aryl methyl sites for hydroxylation is 1. The molecule has 2 aromatic rings. The molecule has 0 aliphatic carbocycles. The molecule has 0 aliphatic rings. The fourth-order valence-electron chi connectivity index (χ4n) is 1.55. The Bertz CT molecular complexity index is 451. The lowest BCUT2D eigenvalue weighted by Crippen LogP contribution is -1.86. The van der Waals surface area contributed by atoms with E-state index in [9.17, 15) is 0 Å². The van der Waals surface area contributed by atoms with Crippen LogP contribution in [0.2, 0.25) is 0 Å². The third-order valence-electron chi connectivity index (χ3n) is 2.24. The highest BCUT2D eigenvalue weighted by atomic mass is 32.2. The van der Waals surface area contributed by atoms with Crippen molar-refractivity contribution >= 4 is 22.8 Å². The van der Waals surface area contributed by atoms with Crippen molar-refractivity contribution in [3.05, 3.63) is 42.0 Å². The Morgan fingerprint density at radius 1 is 1.07 bits per heavy atom. The number of hydrogen-bond acceptors (Lipinski definition) is 2. The first-order valence-electron chi connectivity index (χ1n) is 4.52. The molecule has 0 unspecified atom stereocenters. The topological polar surface area (TPSA) is 9.23 Å². The van der Waals surface area contributed by atoms with Crippen LogP contribution >= 0.6 is 12.0 Å². The largest absolute Gasteiger partial charge is 0.425 e. The van der Waals surface area contributed by atoms with Crippen LogP contribution in [0.4, 0.5) is 0 Å². The zero-order chi connectivity index (χ0) is 9.97. The van der Waals surface area contributed by atoms with E-state index in [1.54, 1.807) is 0 Å². The monoisotopic (exact) mass is 204 g/mol. The number of fused-ring (bicyclic) bond motifs is 1. The summed E-state index contributed by atoms with van der Waals surface area (Å²) in [5.74, 6) is 0.982. The molecule has 0 spiro atoms. The van der Waals surface area contributed by atoms with Gasteiger partial charge in [-0.3, -0.25) is 0 Å². The van der Waals surface area contributed by atoms with E-state index in [4.69, 9.17) is 4.18 Å². The van der Waals surface area contributed by atoms with Gasteiger partial charge in [0, 0.05) is 11.6 Å². The summed E-state index contributed by atoms with van der Waals surface area (Å²) in [6.45, 7) is 2.07. The Morgan fingerprint density at radius 2 is 1.86 bits per heavy atom. The maximum atomic E-state index is 5.57. The van der Waals surface area contributed by atoms with Gasteiger partial charge in [0.05, 0.1) is 12.0 Å². The minimum absolute atomic E-state index is 0.982. The minimum Gasteiger partial charge on any atom is -0.425 e. The maximum Gasteiger partial charge on any atom is 0.148 e. The molecule has 0 heterocycles. The number of benzene rings is 2. The van der Waals surface area contributed by atoms with E-state index < -0.39 is 0 Å². The molecule has 72 valence electrons. The lowest BCUT2D eigenvalue weighted by molar-refractivity contribution is 0.652. The van der Waals surface area contributed by atoms with Gasteiger partial charge < -0.3 is 4.18 Å². The van der Waals surface area contributed by atoms with Crippen molar-refractivity contribution < 1.29 is 4.18 Å². The van der Waals surface area contributed by atoms with Gasteiger partial charge in [0.1, 0.15) is 5.75 Å². The molecular formula is C12H12OS. The predicted octanol–water partition coefficient (Wildman–Crippen LogP) is 3.81. The van der Waals surface area contributed by atoms with Gasteiger partial charge in [-0.05, 0) is 17.9 Å². The lowest BCUT2D eigenvalue weighted by Gasteiger charge is -2.08. The van der Waals surface area contributed by atoms with Crippen LogP contribution in [-0.2, 0) is 0 Å². The molecule has 2 heteroatoms. The molecule has 0 atom stereocenters. The van der Waals surface area contributed by atoms with E-state index in [-0.39, 0.29) is 0 Å². The van der Waals surface area contributed by atoms with Gasteiger partial charge >= 0.3 is 0 Å². The van der Waals surface area contributed by atoms with Crippen LogP contribution in [0.15, 0.2) is 36.4 Å². The predicted molar refractivity (Wildman–Crippen MR) is 62.8 cm³/mol. The standard InChI is InChI=1S/C12H12OS/c1-9-7-8-10-5-3-4-6-11(10)12(9)13-14-2/h3-8H,1-2H3. The van der Waals surface area contributed by atoms with Crippen molar-refractivity contribution in [2.45, 2.75) is 6.92 Å². The second kappa shape index (κ2) is 3.93. The molecular weight excluding hydrogens is 192 g/mol. The van der Waals surface area contributed by atoms with Crippen molar-refractivity contribution in [1.29, 1.82) is 0 Å². The molecule has 2 aromatic carbocycles. The summed E-state index contributed by atoms with van der Waals surface area (Å²) in [5, 5.41) is 2.41. The van der Waals surface area contributed by atoms with E-state index in [1.165, 1.54) is 28.4 Å². The van der Waals surface area contributed by atoms with Gasteiger partial charge in [-0.15, -0.1) is 0 Å². The molecule has 0 radical (unpaired) electrons. The van der Waals surface area contributed by atoms with Gasteiger partial charge in [0.25, 0.3) is 0 Å². The van der Waals surface area contributed by atoms with Crippen LogP contribution in [0.5, 0.6) is 5.75 Å². The van der Waals surface area contributed by atoms with Crippen LogP contribution in [0, 0.1) is 6.92 Å². The molecule has 1 nitrogen and oxygen atoms in total. The zero-order valence-corrected chi connectivity index (χ0v) is 9.10. The van der Waals surface area contributed by atoms with E-state index in [2.05, 4.69) is 31.2 Å². The highest BCUT2D eigenvalue weighted by molar-refractivity contribution is 7.94. The summed E-state index contributed by atoms with van der Waals surface area (Å²) in [6.07, 6.45) is 1.93. The van der Waals surface area contributed by atoms with Crippen LogP contribution in [0.3, 0.4) is 0 Å².